The van der Waals surface area contributed by atoms with Crippen LogP contribution < -0.4 is 4.18 Å². The Morgan fingerprint density at radius 2 is 1.62 bits per heavy atom. The lowest BCUT2D eigenvalue weighted by Gasteiger charge is -2.09. The van der Waals surface area contributed by atoms with Crippen LogP contribution in [0.1, 0.15) is 5.56 Å². The van der Waals surface area contributed by atoms with E-state index < -0.39 is 32.5 Å². The normalized spacial score (nSPS) is 11.5. The van der Waals surface area contributed by atoms with Crippen LogP contribution in [0.15, 0.2) is 35.2 Å². The molecule has 112 valence electrons. The third kappa shape index (κ3) is 3.30. The lowest BCUT2D eigenvalue weighted by molar-refractivity contribution is 0.460. The van der Waals surface area contributed by atoms with Gasteiger partial charge in [0.05, 0.1) is 0 Å². The van der Waals surface area contributed by atoms with E-state index in [2.05, 4.69) is 4.18 Å². The molecule has 2 aromatic rings. The summed E-state index contributed by atoms with van der Waals surface area (Å²) in [7, 11) is -4.64. The first-order valence-electron chi connectivity index (χ1n) is 5.56. The molecule has 0 unspecified atom stereocenters. The second kappa shape index (κ2) is 5.57. The van der Waals surface area contributed by atoms with Crippen molar-refractivity contribution in [2.45, 2.75) is 11.8 Å². The van der Waals surface area contributed by atoms with Crippen LogP contribution in [0.25, 0.3) is 0 Å². The molecule has 0 aromatic heterocycles. The van der Waals surface area contributed by atoms with Gasteiger partial charge in [0.15, 0.2) is 11.6 Å². The molecule has 0 N–H and O–H groups in total. The number of hydrogen-bond donors (Lipinski definition) is 0. The van der Waals surface area contributed by atoms with Gasteiger partial charge in [0.2, 0.25) is 0 Å². The molecule has 0 heterocycles. The summed E-state index contributed by atoms with van der Waals surface area (Å²) in [4.78, 5) is -1.09. The van der Waals surface area contributed by atoms with Crippen LogP contribution >= 0.6 is 11.6 Å². The van der Waals surface area contributed by atoms with E-state index in [1.165, 1.54) is 18.2 Å². The Balaban J connectivity index is 2.43. The van der Waals surface area contributed by atoms with E-state index in [4.69, 9.17) is 11.6 Å². The van der Waals surface area contributed by atoms with Gasteiger partial charge in [-0.15, -0.1) is 0 Å². The number of hydrogen-bond acceptors (Lipinski definition) is 3. The van der Waals surface area contributed by atoms with Crippen molar-refractivity contribution >= 4 is 21.7 Å². The molecule has 0 saturated carbocycles. The first-order valence-corrected chi connectivity index (χ1v) is 7.34. The Morgan fingerprint density at radius 3 is 2.24 bits per heavy atom. The van der Waals surface area contributed by atoms with Crippen molar-refractivity contribution in [1.82, 2.24) is 0 Å². The molecule has 0 spiro atoms. The molecule has 0 aliphatic rings. The monoisotopic (exact) mass is 336 g/mol. The first-order chi connectivity index (χ1) is 9.70. The Labute approximate surface area is 124 Å². The summed E-state index contributed by atoms with van der Waals surface area (Å²) in [5.74, 6) is -4.56. The minimum absolute atomic E-state index is 0.124. The van der Waals surface area contributed by atoms with Crippen LogP contribution in [-0.4, -0.2) is 8.42 Å². The van der Waals surface area contributed by atoms with Crippen molar-refractivity contribution in [3.05, 3.63) is 58.4 Å². The highest BCUT2D eigenvalue weighted by molar-refractivity contribution is 7.87. The highest BCUT2D eigenvalue weighted by Crippen LogP contribution is 2.26. The zero-order valence-electron chi connectivity index (χ0n) is 10.5. The summed E-state index contributed by atoms with van der Waals surface area (Å²) in [5.41, 5.74) is 0.537. The Hall–Kier alpha value is -1.73. The number of halogens is 4. The SMILES string of the molecule is Cc1cc(OS(=O)(=O)c2cc(F)c(F)cc2F)ccc1Cl. The second-order valence-electron chi connectivity index (χ2n) is 4.15. The van der Waals surface area contributed by atoms with E-state index in [1.807, 2.05) is 0 Å². The van der Waals surface area contributed by atoms with Crippen molar-refractivity contribution in [3.63, 3.8) is 0 Å². The topological polar surface area (TPSA) is 43.4 Å². The van der Waals surface area contributed by atoms with E-state index in [1.54, 1.807) is 6.92 Å². The van der Waals surface area contributed by atoms with E-state index >= 15 is 0 Å². The van der Waals surface area contributed by atoms with Crippen LogP contribution in [-0.2, 0) is 10.1 Å². The smallest absolute Gasteiger partial charge is 0.342 e. The highest BCUT2D eigenvalue weighted by atomic mass is 35.5. The highest BCUT2D eigenvalue weighted by Gasteiger charge is 2.24. The predicted octanol–water partition coefficient (Wildman–Crippen LogP) is 3.83. The van der Waals surface area contributed by atoms with E-state index in [0.29, 0.717) is 10.6 Å². The van der Waals surface area contributed by atoms with Gasteiger partial charge >= 0.3 is 10.1 Å². The van der Waals surface area contributed by atoms with Gasteiger partial charge in [-0.3, -0.25) is 0 Å². The van der Waals surface area contributed by atoms with Crippen molar-refractivity contribution in [2.75, 3.05) is 0 Å². The Bertz CT molecular complexity index is 807. The molecule has 0 aliphatic heterocycles. The Morgan fingerprint density at radius 1 is 1.00 bits per heavy atom. The zero-order valence-corrected chi connectivity index (χ0v) is 12.1. The van der Waals surface area contributed by atoms with Crippen molar-refractivity contribution < 1.29 is 25.8 Å². The number of aryl methyl sites for hydroxylation is 1. The molecule has 0 amide bonds. The third-order valence-corrected chi connectivity index (χ3v) is 4.27. The first kappa shape index (κ1) is 15.7. The van der Waals surface area contributed by atoms with Gasteiger partial charge in [-0.1, -0.05) is 11.6 Å². The molecule has 2 rings (SSSR count). The van der Waals surface area contributed by atoms with Gasteiger partial charge in [-0.2, -0.15) is 8.42 Å². The largest absolute Gasteiger partial charge is 0.379 e. The summed E-state index contributed by atoms with van der Waals surface area (Å²) in [5, 5.41) is 0.388. The van der Waals surface area contributed by atoms with Gasteiger partial charge in [0.25, 0.3) is 0 Å². The molecular formula is C13H8ClF3O3S. The molecule has 0 radical (unpaired) electrons. The summed E-state index contributed by atoms with van der Waals surface area (Å²) < 4.78 is 67.8. The van der Waals surface area contributed by atoms with Gasteiger partial charge in [-0.25, -0.2) is 13.2 Å². The molecule has 0 aliphatic carbocycles. The zero-order chi connectivity index (χ0) is 15.8. The van der Waals surface area contributed by atoms with Crippen molar-refractivity contribution in [1.29, 1.82) is 0 Å². The van der Waals surface area contributed by atoms with Crippen LogP contribution in [0.2, 0.25) is 5.02 Å². The minimum Gasteiger partial charge on any atom is -0.379 e. The molecule has 0 bridgehead atoms. The molecule has 0 fully saturated rings. The lowest BCUT2D eigenvalue weighted by atomic mass is 10.2. The Kier molecular flexibility index (Phi) is 4.15. The van der Waals surface area contributed by atoms with Crippen LogP contribution in [0, 0.1) is 24.4 Å². The van der Waals surface area contributed by atoms with Crippen LogP contribution in [0.4, 0.5) is 13.2 Å². The quantitative estimate of drug-likeness (QED) is 0.632. The molecule has 8 heteroatoms. The van der Waals surface area contributed by atoms with Crippen molar-refractivity contribution in [2.24, 2.45) is 0 Å². The molecule has 3 nitrogen and oxygen atoms in total. The fraction of sp³-hybridized carbons (Fsp3) is 0.0769. The molecule has 0 saturated heterocycles. The average molecular weight is 337 g/mol. The summed E-state index contributed by atoms with van der Waals surface area (Å²) in [6.45, 7) is 1.61. The fourth-order valence-electron chi connectivity index (χ4n) is 1.54. The van der Waals surface area contributed by atoms with Crippen LogP contribution in [0.3, 0.4) is 0 Å². The fourth-order valence-corrected chi connectivity index (χ4v) is 2.65. The van der Waals surface area contributed by atoms with E-state index in [-0.39, 0.29) is 17.9 Å². The van der Waals surface area contributed by atoms with Gasteiger partial charge in [0, 0.05) is 17.2 Å². The minimum atomic E-state index is -4.64. The van der Waals surface area contributed by atoms with E-state index in [9.17, 15) is 21.6 Å². The standard InChI is InChI=1S/C13H8ClF3O3S/c1-7-4-8(2-3-9(7)14)20-21(18,19)13-6-11(16)10(15)5-12(13)17/h2-6H,1H3. The summed E-state index contributed by atoms with van der Waals surface area (Å²) >= 11 is 5.78. The average Bonchev–Trinajstić information content (AvgIpc) is 2.37. The van der Waals surface area contributed by atoms with Crippen LogP contribution in [0.5, 0.6) is 5.75 Å². The van der Waals surface area contributed by atoms with Gasteiger partial charge in [-0.05, 0) is 30.7 Å². The molecule has 0 atom stereocenters. The maximum absolute atomic E-state index is 13.5. The number of rotatable bonds is 3. The van der Waals surface area contributed by atoms with Crippen molar-refractivity contribution in [3.8, 4) is 5.75 Å². The second-order valence-corrected chi connectivity index (χ2v) is 6.07. The third-order valence-electron chi connectivity index (χ3n) is 2.58. The predicted molar refractivity (Wildman–Crippen MR) is 70.3 cm³/mol. The summed E-state index contributed by atoms with van der Waals surface area (Å²) in [6.07, 6.45) is 0. The maximum Gasteiger partial charge on any atom is 0.342 e. The van der Waals surface area contributed by atoms with Gasteiger partial charge < -0.3 is 4.18 Å². The molecule has 2 aromatic carbocycles. The van der Waals surface area contributed by atoms with E-state index in [0.717, 1.165) is 0 Å². The maximum atomic E-state index is 13.5. The summed E-state index contributed by atoms with van der Waals surface area (Å²) in [6, 6.07) is 4.33. The number of benzene rings is 2. The van der Waals surface area contributed by atoms with Gasteiger partial charge in [0.1, 0.15) is 16.5 Å². The molecule has 21 heavy (non-hydrogen) atoms. The molecular weight excluding hydrogens is 329 g/mol. The lowest BCUT2D eigenvalue weighted by Crippen LogP contribution is -2.12.